The zero-order valence-corrected chi connectivity index (χ0v) is 10.9. The number of fused-ring (bicyclic) bond motifs is 1. The van der Waals surface area contributed by atoms with Crippen molar-refractivity contribution in [2.24, 2.45) is 0 Å². The van der Waals surface area contributed by atoms with Crippen molar-refractivity contribution in [1.82, 2.24) is 0 Å². The van der Waals surface area contributed by atoms with E-state index in [9.17, 15) is 4.79 Å². The summed E-state index contributed by atoms with van der Waals surface area (Å²) in [4.78, 5) is 10.7. The Labute approximate surface area is 114 Å². The average molecular weight is 276 g/mol. The molecule has 1 aromatic carbocycles. The number of aromatic carboxylic acids is 1. The number of hydrogen-bond donors (Lipinski definition) is 1. The van der Waals surface area contributed by atoms with Crippen LogP contribution in [0.15, 0.2) is 45.9 Å². The van der Waals surface area contributed by atoms with Crippen LogP contribution < -0.4 is 4.74 Å². The number of carboxylic acid groups (broad SMARTS) is 1. The van der Waals surface area contributed by atoms with E-state index in [1.807, 2.05) is 18.2 Å². The second-order valence-corrected chi connectivity index (χ2v) is 5.30. The molecule has 3 rings (SSSR count). The van der Waals surface area contributed by atoms with Crippen LogP contribution in [0.25, 0.3) is 0 Å². The number of ether oxygens (including phenoxy) is 1. The summed E-state index contributed by atoms with van der Waals surface area (Å²) in [6.07, 6.45) is 0. The van der Waals surface area contributed by atoms with Gasteiger partial charge in [0.25, 0.3) is 0 Å². The van der Waals surface area contributed by atoms with Crippen LogP contribution in [0.2, 0.25) is 0 Å². The maximum atomic E-state index is 10.7. The number of thioether (sulfide) groups is 1. The van der Waals surface area contributed by atoms with E-state index in [2.05, 4.69) is 6.07 Å². The summed E-state index contributed by atoms with van der Waals surface area (Å²) in [6.45, 7) is 0.666. The highest BCUT2D eigenvalue weighted by Crippen LogP contribution is 2.37. The number of furan rings is 1. The molecule has 0 aliphatic carbocycles. The number of benzene rings is 1. The number of rotatable bonds is 4. The number of para-hydroxylation sites is 1. The SMILES string of the molecule is O=C(O)c1ccc(SCC2COc3ccccc32)o1. The minimum Gasteiger partial charge on any atom is -0.493 e. The highest BCUT2D eigenvalue weighted by molar-refractivity contribution is 7.99. The molecular formula is C14H12O4S. The first-order chi connectivity index (χ1) is 9.24. The van der Waals surface area contributed by atoms with E-state index < -0.39 is 5.97 Å². The van der Waals surface area contributed by atoms with Crippen LogP contribution >= 0.6 is 11.8 Å². The molecule has 1 atom stereocenters. The third kappa shape index (κ3) is 2.46. The van der Waals surface area contributed by atoms with Crippen LogP contribution in [0.4, 0.5) is 0 Å². The largest absolute Gasteiger partial charge is 0.493 e. The molecule has 98 valence electrons. The molecule has 0 amide bonds. The first kappa shape index (κ1) is 12.2. The summed E-state index contributed by atoms with van der Waals surface area (Å²) in [6, 6.07) is 11.2. The Kier molecular flexibility index (Phi) is 3.21. The van der Waals surface area contributed by atoms with Crippen LogP contribution in [0.5, 0.6) is 5.75 Å². The van der Waals surface area contributed by atoms with Crippen LogP contribution in [0.1, 0.15) is 22.0 Å². The molecule has 0 spiro atoms. The predicted molar refractivity (Wildman–Crippen MR) is 71.1 cm³/mol. The second-order valence-electron chi connectivity index (χ2n) is 4.28. The van der Waals surface area contributed by atoms with E-state index in [0.29, 0.717) is 17.6 Å². The molecule has 4 nitrogen and oxygen atoms in total. The van der Waals surface area contributed by atoms with Crippen molar-refractivity contribution in [3.8, 4) is 5.75 Å². The molecule has 2 heterocycles. The third-order valence-corrected chi connectivity index (χ3v) is 4.09. The predicted octanol–water partition coefficient (Wildman–Crippen LogP) is 3.25. The summed E-state index contributed by atoms with van der Waals surface area (Å²) in [5, 5.41) is 9.41. The fraction of sp³-hybridized carbons (Fsp3) is 0.214. The minimum atomic E-state index is -1.04. The van der Waals surface area contributed by atoms with Crippen molar-refractivity contribution in [3.63, 3.8) is 0 Å². The first-order valence-corrected chi connectivity index (χ1v) is 6.90. The van der Waals surface area contributed by atoms with Crippen LogP contribution in [-0.2, 0) is 0 Å². The van der Waals surface area contributed by atoms with E-state index in [1.54, 1.807) is 6.07 Å². The Bertz CT molecular complexity index is 605. The maximum absolute atomic E-state index is 10.7. The normalized spacial score (nSPS) is 16.9. The minimum absolute atomic E-state index is 0.0226. The Morgan fingerprint density at radius 3 is 2.95 bits per heavy atom. The lowest BCUT2D eigenvalue weighted by atomic mass is 10.0. The quantitative estimate of drug-likeness (QED) is 0.869. The van der Waals surface area contributed by atoms with Crippen molar-refractivity contribution in [2.45, 2.75) is 11.0 Å². The summed E-state index contributed by atoms with van der Waals surface area (Å²) < 4.78 is 10.8. The molecule has 0 bridgehead atoms. The summed E-state index contributed by atoms with van der Waals surface area (Å²) in [7, 11) is 0. The monoisotopic (exact) mass is 276 g/mol. The van der Waals surface area contributed by atoms with Gasteiger partial charge in [-0.05, 0) is 18.2 Å². The van der Waals surface area contributed by atoms with Gasteiger partial charge in [0, 0.05) is 17.2 Å². The Morgan fingerprint density at radius 2 is 2.16 bits per heavy atom. The van der Waals surface area contributed by atoms with E-state index in [0.717, 1.165) is 11.5 Å². The summed E-state index contributed by atoms with van der Waals surface area (Å²) in [5.74, 6) is 1.01. The fourth-order valence-corrected chi connectivity index (χ4v) is 3.02. The fourth-order valence-electron chi connectivity index (χ4n) is 2.06. The average Bonchev–Trinajstić information content (AvgIpc) is 3.03. The van der Waals surface area contributed by atoms with E-state index >= 15 is 0 Å². The molecule has 0 fully saturated rings. The molecule has 0 radical (unpaired) electrons. The van der Waals surface area contributed by atoms with Gasteiger partial charge >= 0.3 is 5.97 Å². The molecule has 1 unspecified atom stereocenters. The number of hydrogen-bond acceptors (Lipinski definition) is 4. The lowest BCUT2D eigenvalue weighted by Gasteiger charge is -2.06. The lowest BCUT2D eigenvalue weighted by molar-refractivity contribution is 0.0656. The number of carbonyl (C=O) groups is 1. The van der Waals surface area contributed by atoms with Crippen molar-refractivity contribution < 1.29 is 19.1 Å². The molecule has 1 aliphatic rings. The van der Waals surface area contributed by atoms with Crippen LogP contribution in [0, 0.1) is 0 Å². The second kappa shape index (κ2) is 5.01. The third-order valence-electron chi connectivity index (χ3n) is 3.02. The Balaban J connectivity index is 1.65. The highest BCUT2D eigenvalue weighted by atomic mass is 32.2. The topological polar surface area (TPSA) is 59.7 Å². The highest BCUT2D eigenvalue weighted by Gasteiger charge is 2.24. The zero-order valence-electron chi connectivity index (χ0n) is 10.0. The Hall–Kier alpha value is -1.88. The smallest absolute Gasteiger partial charge is 0.371 e. The Morgan fingerprint density at radius 1 is 1.32 bits per heavy atom. The van der Waals surface area contributed by atoms with Gasteiger partial charge < -0.3 is 14.3 Å². The molecule has 1 N–H and O–H groups in total. The van der Waals surface area contributed by atoms with Crippen LogP contribution in [0.3, 0.4) is 0 Å². The van der Waals surface area contributed by atoms with Gasteiger partial charge in [-0.1, -0.05) is 30.0 Å². The van der Waals surface area contributed by atoms with Gasteiger partial charge in [0.05, 0.1) is 6.61 Å². The van der Waals surface area contributed by atoms with Crippen molar-refractivity contribution in [2.75, 3.05) is 12.4 Å². The maximum Gasteiger partial charge on any atom is 0.371 e. The molecule has 5 heteroatoms. The van der Waals surface area contributed by atoms with E-state index in [-0.39, 0.29) is 5.76 Å². The standard InChI is InChI=1S/C14H12O4S/c15-14(16)12-5-6-13(18-12)19-8-9-7-17-11-4-2-1-3-10(9)11/h1-6,9H,7-8H2,(H,15,16). The van der Waals surface area contributed by atoms with E-state index in [4.69, 9.17) is 14.3 Å². The van der Waals surface area contributed by atoms with Gasteiger partial charge in [-0.15, -0.1) is 0 Å². The number of carboxylic acids is 1. The van der Waals surface area contributed by atoms with Gasteiger partial charge in [-0.3, -0.25) is 0 Å². The van der Waals surface area contributed by atoms with Gasteiger partial charge in [-0.25, -0.2) is 4.79 Å². The molecule has 0 saturated carbocycles. The summed E-state index contributed by atoms with van der Waals surface area (Å²) in [5.41, 5.74) is 1.21. The zero-order chi connectivity index (χ0) is 13.2. The van der Waals surface area contributed by atoms with Gasteiger partial charge in [0.1, 0.15) is 5.75 Å². The lowest BCUT2D eigenvalue weighted by Crippen LogP contribution is -2.03. The first-order valence-electron chi connectivity index (χ1n) is 5.91. The van der Waals surface area contributed by atoms with Crippen LogP contribution in [-0.4, -0.2) is 23.4 Å². The van der Waals surface area contributed by atoms with Gasteiger partial charge in [0.2, 0.25) is 5.76 Å². The summed E-state index contributed by atoms with van der Waals surface area (Å²) >= 11 is 1.51. The molecular weight excluding hydrogens is 264 g/mol. The van der Waals surface area contributed by atoms with E-state index in [1.165, 1.54) is 23.4 Å². The van der Waals surface area contributed by atoms with Crippen molar-refractivity contribution in [1.29, 1.82) is 0 Å². The molecule has 1 aliphatic heterocycles. The van der Waals surface area contributed by atoms with Crippen molar-refractivity contribution >= 4 is 17.7 Å². The van der Waals surface area contributed by atoms with Gasteiger partial charge in [0.15, 0.2) is 5.09 Å². The molecule has 1 aromatic heterocycles. The molecule has 19 heavy (non-hydrogen) atoms. The van der Waals surface area contributed by atoms with Gasteiger partial charge in [-0.2, -0.15) is 0 Å². The molecule has 2 aromatic rings. The molecule has 0 saturated heterocycles. The van der Waals surface area contributed by atoms with Crippen molar-refractivity contribution in [3.05, 3.63) is 47.7 Å².